The van der Waals surface area contributed by atoms with Crippen LogP contribution in [0.2, 0.25) is 0 Å². The van der Waals surface area contributed by atoms with E-state index in [2.05, 4.69) is 39.8 Å². The average Bonchev–Trinajstić information content (AvgIpc) is 3.31. The largest absolute Gasteiger partial charge is 0.325 e. The number of para-hydroxylation sites is 1. The van der Waals surface area contributed by atoms with Gasteiger partial charge in [-0.1, -0.05) is 60.7 Å². The maximum absolute atomic E-state index is 13.4. The number of amides is 1. The molecule has 0 saturated heterocycles. The highest BCUT2D eigenvalue weighted by Crippen LogP contribution is 2.43. The molecule has 7 heteroatoms. The van der Waals surface area contributed by atoms with Gasteiger partial charge in [-0.25, -0.2) is 0 Å². The van der Waals surface area contributed by atoms with Gasteiger partial charge in [0.15, 0.2) is 5.92 Å². The monoisotopic (exact) mass is 450 g/mol. The fourth-order valence-electron chi connectivity index (χ4n) is 3.94. The van der Waals surface area contributed by atoms with Crippen LogP contribution in [0.25, 0.3) is 21.3 Å². The number of hydrogen-bond acceptors (Lipinski definition) is 6. The number of ketones is 1. The maximum Gasteiger partial charge on any atom is 0.249 e. The molecule has 3 aliphatic rings. The number of benzene rings is 2. The molecule has 33 heavy (non-hydrogen) atoms. The summed E-state index contributed by atoms with van der Waals surface area (Å²) < 4.78 is 1.03. The summed E-state index contributed by atoms with van der Waals surface area (Å²) in [6.45, 7) is 0. The molecule has 1 N–H and O–H groups in total. The number of hydrogen-bond donors (Lipinski definition) is 1. The molecule has 6 nitrogen and oxygen atoms in total. The molecule has 5 rings (SSSR count). The van der Waals surface area contributed by atoms with E-state index < -0.39 is 17.6 Å². The van der Waals surface area contributed by atoms with Crippen molar-refractivity contribution in [3.8, 4) is 17.3 Å². The third-order valence-corrected chi connectivity index (χ3v) is 6.79. The molecular formula is C26H18N4O2S. The van der Waals surface area contributed by atoms with Crippen LogP contribution in [-0.2, 0) is 4.79 Å². The van der Waals surface area contributed by atoms with Gasteiger partial charge in [0.05, 0.1) is 6.07 Å². The number of carbonyl (C=O) groups is 2. The van der Waals surface area contributed by atoms with Gasteiger partial charge in [-0.2, -0.15) is 5.26 Å². The first-order valence-corrected chi connectivity index (χ1v) is 11.3. The third-order valence-electron chi connectivity index (χ3n) is 5.52. The Balaban J connectivity index is 1.60. The lowest BCUT2D eigenvalue weighted by Gasteiger charge is -2.17. The van der Waals surface area contributed by atoms with Crippen LogP contribution in [0, 0.1) is 17.2 Å². The fourth-order valence-corrected chi connectivity index (χ4v) is 5.19. The number of nitriles is 1. The molecule has 0 saturated carbocycles. The molecule has 1 atom stereocenters. The number of carbonyl (C=O) groups excluding carboxylic acids is 2. The van der Waals surface area contributed by atoms with Gasteiger partial charge >= 0.3 is 0 Å². The Bertz CT molecular complexity index is 1420. The Morgan fingerprint density at radius 2 is 1.76 bits per heavy atom. The lowest BCUT2D eigenvalue weighted by molar-refractivity contribution is -0.117. The zero-order chi connectivity index (χ0) is 22.8. The Kier molecular flexibility index (Phi) is 5.51. The van der Waals surface area contributed by atoms with Crippen LogP contribution in [0.4, 0.5) is 5.69 Å². The predicted molar refractivity (Wildman–Crippen MR) is 128 cm³/mol. The highest BCUT2D eigenvalue weighted by atomic mass is 32.1. The Morgan fingerprint density at radius 1 is 1.03 bits per heavy atom. The van der Waals surface area contributed by atoms with Gasteiger partial charge < -0.3 is 5.32 Å². The van der Waals surface area contributed by atoms with Gasteiger partial charge in [-0.3, -0.25) is 9.59 Å². The molecule has 0 radical (unpaired) electrons. The average molecular weight is 451 g/mol. The van der Waals surface area contributed by atoms with Crippen LogP contribution in [0.5, 0.6) is 0 Å². The van der Waals surface area contributed by atoms with E-state index in [1.165, 1.54) is 0 Å². The van der Waals surface area contributed by atoms with E-state index in [4.69, 9.17) is 0 Å². The molecule has 0 bridgehead atoms. The van der Waals surface area contributed by atoms with Crippen molar-refractivity contribution in [2.75, 3.05) is 5.32 Å². The fraction of sp³-hybridized carbons (Fsp3) is 0.115. The number of aromatic nitrogens is 2. The summed E-state index contributed by atoms with van der Waals surface area (Å²) in [5, 5.41) is 21.8. The first kappa shape index (κ1) is 20.7. The van der Waals surface area contributed by atoms with E-state index in [9.17, 15) is 14.9 Å². The molecule has 1 unspecified atom stereocenters. The Hall–Kier alpha value is -4.15. The van der Waals surface area contributed by atoms with Crippen LogP contribution in [0.1, 0.15) is 27.7 Å². The quantitative estimate of drug-likeness (QED) is 0.251. The molecule has 2 aromatic rings. The SMILES string of the molecule is N#CC(C(=O)Nc1ccccc1)C(=O)c1nnc2c3ccccc3sc(C3C=CCC=C3)c1-2. The minimum absolute atomic E-state index is 0.0351. The molecule has 2 aromatic carbocycles. The van der Waals surface area contributed by atoms with E-state index in [0.717, 1.165) is 21.4 Å². The summed E-state index contributed by atoms with van der Waals surface area (Å²) in [5.74, 6) is -2.91. The van der Waals surface area contributed by atoms with Crippen LogP contribution in [-0.4, -0.2) is 21.9 Å². The molecule has 1 amide bonds. The summed E-state index contributed by atoms with van der Waals surface area (Å²) in [4.78, 5) is 27.2. The molecule has 1 aliphatic carbocycles. The van der Waals surface area contributed by atoms with E-state index in [0.29, 0.717) is 16.9 Å². The highest BCUT2D eigenvalue weighted by molar-refractivity contribution is 7.19. The second-order valence-corrected chi connectivity index (χ2v) is 8.72. The van der Waals surface area contributed by atoms with Crippen molar-refractivity contribution in [1.29, 1.82) is 5.26 Å². The lowest BCUT2D eigenvalue weighted by Crippen LogP contribution is -2.29. The molecular weight excluding hydrogens is 432 g/mol. The van der Waals surface area contributed by atoms with Crippen LogP contribution in [0.15, 0.2) is 78.9 Å². The van der Waals surface area contributed by atoms with Crippen LogP contribution in [0.3, 0.4) is 0 Å². The predicted octanol–water partition coefficient (Wildman–Crippen LogP) is 5.36. The summed E-state index contributed by atoms with van der Waals surface area (Å²) in [5.41, 5.74) is 1.79. The molecule has 2 aliphatic heterocycles. The minimum atomic E-state index is -1.54. The first-order valence-electron chi connectivity index (χ1n) is 10.5. The molecule has 160 valence electrons. The number of anilines is 1. The summed E-state index contributed by atoms with van der Waals surface area (Å²) in [6, 6.07) is 18.4. The van der Waals surface area contributed by atoms with Crippen molar-refractivity contribution < 1.29 is 9.59 Å². The summed E-state index contributed by atoms with van der Waals surface area (Å²) >= 11 is 1.57. The lowest BCUT2D eigenvalue weighted by atomic mass is 9.92. The standard InChI is InChI=1S/C26H18N4O2S/c27-15-19(26(32)28-17-11-5-2-6-12-17)24(31)23-21-22(29-30-23)18-13-7-8-14-20(18)33-25(21)16-9-3-1-4-10-16/h2-14,16,19H,1H2,(H,28,32). The van der Waals surface area contributed by atoms with Gasteiger partial charge in [-0.05, 0) is 24.6 Å². The van der Waals surface area contributed by atoms with Crippen molar-refractivity contribution in [2.45, 2.75) is 12.3 Å². The zero-order valence-corrected chi connectivity index (χ0v) is 18.3. The normalized spacial score (nSPS) is 14.3. The van der Waals surface area contributed by atoms with Gasteiger partial charge in [0.2, 0.25) is 11.7 Å². The Morgan fingerprint density at radius 3 is 2.52 bits per heavy atom. The van der Waals surface area contributed by atoms with Gasteiger partial charge in [0.1, 0.15) is 11.4 Å². The number of nitrogens with zero attached hydrogens (tertiary/aromatic N) is 3. The van der Waals surface area contributed by atoms with Crippen LogP contribution < -0.4 is 5.32 Å². The number of nitrogens with one attached hydrogen (secondary N) is 1. The molecule has 0 spiro atoms. The van der Waals surface area contributed by atoms with E-state index >= 15 is 0 Å². The summed E-state index contributed by atoms with van der Waals surface area (Å²) in [7, 11) is 0. The number of rotatable bonds is 5. The molecule has 0 fully saturated rings. The first-order chi connectivity index (χ1) is 16.2. The molecule has 2 heterocycles. The van der Waals surface area contributed by atoms with E-state index in [1.807, 2.05) is 36.4 Å². The Labute approximate surface area is 194 Å². The van der Waals surface area contributed by atoms with Crippen molar-refractivity contribution in [1.82, 2.24) is 10.2 Å². The van der Waals surface area contributed by atoms with E-state index in [1.54, 1.807) is 35.6 Å². The van der Waals surface area contributed by atoms with Crippen molar-refractivity contribution in [2.24, 2.45) is 5.92 Å². The minimum Gasteiger partial charge on any atom is -0.325 e. The summed E-state index contributed by atoms with van der Waals surface area (Å²) in [6.07, 6.45) is 9.19. The van der Waals surface area contributed by atoms with Gasteiger partial charge in [0.25, 0.3) is 0 Å². The smallest absolute Gasteiger partial charge is 0.249 e. The van der Waals surface area contributed by atoms with Crippen molar-refractivity contribution >= 4 is 38.8 Å². The third kappa shape index (κ3) is 3.81. The number of Topliss-reactive ketones (excluding diaryl/α,β-unsaturated/α-hetero) is 1. The number of allylic oxidation sites excluding steroid dienone is 4. The number of fused-ring (bicyclic) bond motifs is 3. The topological polar surface area (TPSA) is 95.7 Å². The van der Waals surface area contributed by atoms with E-state index in [-0.39, 0.29) is 11.6 Å². The van der Waals surface area contributed by atoms with Gasteiger partial charge in [0, 0.05) is 32.1 Å². The second-order valence-electron chi connectivity index (χ2n) is 7.63. The molecule has 0 aromatic heterocycles. The zero-order valence-electron chi connectivity index (χ0n) is 17.4. The second kappa shape index (κ2) is 8.77. The highest BCUT2D eigenvalue weighted by Gasteiger charge is 2.35. The maximum atomic E-state index is 13.4. The van der Waals surface area contributed by atoms with Crippen molar-refractivity contribution in [3.05, 3.63) is 89.5 Å². The van der Waals surface area contributed by atoms with Gasteiger partial charge in [-0.15, -0.1) is 21.5 Å². The van der Waals surface area contributed by atoms with Crippen molar-refractivity contribution in [3.63, 3.8) is 0 Å². The van der Waals surface area contributed by atoms with Crippen LogP contribution >= 0.6 is 11.3 Å².